The second-order valence-corrected chi connectivity index (χ2v) is 6.57. The molecule has 0 aromatic heterocycles. The number of hydrogen-bond acceptors (Lipinski definition) is 4. The Balaban J connectivity index is 1.52. The number of anilines is 3. The van der Waals surface area contributed by atoms with Crippen molar-refractivity contribution in [3.63, 3.8) is 0 Å². The molecule has 0 saturated heterocycles. The van der Waals surface area contributed by atoms with E-state index in [-0.39, 0.29) is 17.4 Å². The molecular formula is C20H23FN4O3. The largest absolute Gasteiger partial charge is 0.453 e. The lowest BCUT2D eigenvalue weighted by molar-refractivity contribution is 0.186. The second kappa shape index (κ2) is 8.60. The quantitative estimate of drug-likeness (QED) is 0.734. The highest BCUT2D eigenvalue weighted by atomic mass is 19.1. The zero-order chi connectivity index (χ0) is 20.1. The first kappa shape index (κ1) is 19.5. The Morgan fingerprint density at radius 2 is 2.00 bits per heavy atom. The number of fused-ring (bicyclic) bond motifs is 1. The summed E-state index contributed by atoms with van der Waals surface area (Å²) in [6.07, 6.45) is 0.229. The van der Waals surface area contributed by atoms with E-state index in [1.807, 2.05) is 12.1 Å². The van der Waals surface area contributed by atoms with Crippen LogP contribution >= 0.6 is 0 Å². The molecule has 0 spiro atoms. The van der Waals surface area contributed by atoms with Gasteiger partial charge in [0.2, 0.25) is 0 Å². The zero-order valence-corrected chi connectivity index (χ0v) is 15.8. The van der Waals surface area contributed by atoms with Crippen LogP contribution in [0.4, 0.5) is 31.0 Å². The van der Waals surface area contributed by atoms with Gasteiger partial charge in [-0.1, -0.05) is 18.2 Å². The normalized spacial score (nSPS) is 13.5. The van der Waals surface area contributed by atoms with Crippen molar-refractivity contribution in [3.8, 4) is 0 Å². The van der Waals surface area contributed by atoms with E-state index in [2.05, 4.69) is 44.6 Å². The Morgan fingerprint density at radius 1 is 1.21 bits per heavy atom. The minimum absolute atomic E-state index is 0.0286. The van der Waals surface area contributed by atoms with Crippen LogP contribution in [0.15, 0.2) is 42.5 Å². The van der Waals surface area contributed by atoms with Crippen LogP contribution in [0.1, 0.15) is 12.5 Å². The molecule has 3 amide bonds. The maximum absolute atomic E-state index is 14.0. The van der Waals surface area contributed by atoms with Gasteiger partial charge in [-0.3, -0.25) is 5.32 Å². The van der Waals surface area contributed by atoms with E-state index in [1.165, 1.54) is 30.5 Å². The Morgan fingerprint density at radius 3 is 2.75 bits per heavy atom. The highest BCUT2D eigenvalue weighted by Gasteiger charge is 2.23. The molecule has 0 bridgehead atoms. The summed E-state index contributed by atoms with van der Waals surface area (Å²) in [7, 11) is 1.19. The zero-order valence-electron chi connectivity index (χ0n) is 15.8. The van der Waals surface area contributed by atoms with Gasteiger partial charge in [-0.25, -0.2) is 14.0 Å². The molecule has 1 atom stereocenters. The van der Waals surface area contributed by atoms with Crippen LogP contribution in [0.3, 0.4) is 0 Å². The van der Waals surface area contributed by atoms with Crippen LogP contribution in [-0.4, -0.2) is 38.4 Å². The number of rotatable bonds is 5. The van der Waals surface area contributed by atoms with Crippen LogP contribution in [0.25, 0.3) is 0 Å². The number of urea groups is 1. The molecule has 0 saturated carbocycles. The summed E-state index contributed by atoms with van der Waals surface area (Å²) < 4.78 is 18.4. The van der Waals surface area contributed by atoms with Crippen LogP contribution in [-0.2, 0) is 11.2 Å². The van der Waals surface area contributed by atoms with Crippen LogP contribution in [0.5, 0.6) is 0 Å². The minimum Gasteiger partial charge on any atom is -0.453 e. The summed E-state index contributed by atoms with van der Waals surface area (Å²) >= 11 is 0. The number of carbonyl (C=O) groups excluding carboxylic acids is 2. The first-order valence-corrected chi connectivity index (χ1v) is 9.02. The fourth-order valence-electron chi connectivity index (χ4n) is 3.20. The van der Waals surface area contributed by atoms with Gasteiger partial charge in [0, 0.05) is 30.5 Å². The summed E-state index contributed by atoms with van der Waals surface area (Å²) in [4.78, 5) is 25.6. The molecule has 148 valence electrons. The number of hydrogen-bond donors (Lipinski definition) is 3. The van der Waals surface area contributed by atoms with Crippen molar-refractivity contribution in [2.24, 2.45) is 0 Å². The van der Waals surface area contributed by atoms with Crippen molar-refractivity contribution in [3.05, 3.63) is 53.8 Å². The second-order valence-electron chi connectivity index (χ2n) is 6.57. The van der Waals surface area contributed by atoms with Gasteiger partial charge in [-0.2, -0.15) is 0 Å². The minimum atomic E-state index is -0.769. The van der Waals surface area contributed by atoms with E-state index in [4.69, 9.17) is 0 Å². The van der Waals surface area contributed by atoms with E-state index in [1.54, 1.807) is 0 Å². The summed E-state index contributed by atoms with van der Waals surface area (Å²) in [5, 5.41) is 7.65. The molecular weight excluding hydrogens is 363 g/mol. The van der Waals surface area contributed by atoms with E-state index < -0.39 is 17.9 Å². The number of amides is 3. The van der Waals surface area contributed by atoms with Gasteiger partial charge in [-0.15, -0.1) is 0 Å². The van der Waals surface area contributed by atoms with Crippen molar-refractivity contribution < 1.29 is 18.7 Å². The van der Waals surface area contributed by atoms with Gasteiger partial charge in [0.25, 0.3) is 0 Å². The van der Waals surface area contributed by atoms with E-state index >= 15 is 0 Å². The van der Waals surface area contributed by atoms with Crippen molar-refractivity contribution >= 4 is 29.2 Å². The predicted molar refractivity (Wildman–Crippen MR) is 106 cm³/mol. The third kappa shape index (κ3) is 4.51. The van der Waals surface area contributed by atoms with Crippen molar-refractivity contribution in [2.75, 3.05) is 35.7 Å². The number of ether oxygens (including phenoxy) is 1. The predicted octanol–water partition coefficient (Wildman–Crippen LogP) is 3.58. The standard InChI is InChI=1S/C20H23FN4O3/c1-13(25-10-9-14-5-3-4-6-18(14)25)12-22-19(26)23-15-7-8-17(16(21)11-15)24-20(27)28-2/h3-8,11,13H,9-10,12H2,1-2H3,(H,24,27)(H2,22,23,26). The molecule has 3 rings (SSSR count). The molecule has 1 aliphatic rings. The maximum atomic E-state index is 14.0. The van der Waals surface area contributed by atoms with Crippen molar-refractivity contribution in [1.29, 1.82) is 0 Å². The number of methoxy groups -OCH3 is 1. The Labute approximate surface area is 162 Å². The molecule has 1 aliphatic heterocycles. The third-order valence-electron chi connectivity index (χ3n) is 4.66. The molecule has 0 radical (unpaired) electrons. The summed E-state index contributed by atoms with van der Waals surface area (Å²) in [6.45, 7) is 3.42. The molecule has 7 nitrogen and oxygen atoms in total. The molecule has 3 N–H and O–H groups in total. The van der Waals surface area contributed by atoms with Gasteiger partial charge >= 0.3 is 12.1 Å². The molecule has 8 heteroatoms. The van der Waals surface area contributed by atoms with E-state index in [0.29, 0.717) is 6.54 Å². The number of nitrogens with one attached hydrogen (secondary N) is 3. The lowest BCUT2D eigenvalue weighted by Crippen LogP contribution is -2.42. The van der Waals surface area contributed by atoms with Crippen LogP contribution in [0, 0.1) is 5.82 Å². The lowest BCUT2D eigenvalue weighted by Gasteiger charge is -2.27. The lowest BCUT2D eigenvalue weighted by atomic mass is 10.2. The smallest absolute Gasteiger partial charge is 0.411 e. The third-order valence-corrected chi connectivity index (χ3v) is 4.66. The molecule has 2 aromatic rings. The van der Waals surface area contributed by atoms with Crippen molar-refractivity contribution in [1.82, 2.24) is 5.32 Å². The highest BCUT2D eigenvalue weighted by Crippen LogP contribution is 2.28. The average molecular weight is 386 g/mol. The number of halogens is 1. The first-order valence-electron chi connectivity index (χ1n) is 9.02. The maximum Gasteiger partial charge on any atom is 0.411 e. The molecule has 28 heavy (non-hydrogen) atoms. The highest BCUT2D eigenvalue weighted by molar-refractivity contribution is 5.90. The number of nitrogens with zero attached hydrogens (tertiary/aromatic N) is 1. The van der Waals surface area contributed by atoms with Gasteiger partial charge < -0.3 is 20.3 Å². The van der Waals surface area contributed by atoms with Gasteiger partial charge in [0.1, 0.15) is 5.82 Å². The summed E-state index contributed by atoms with van der Waals surface area (Å²) in [5.41, 5.74) is 2.77. The van der Waals surface area contributed by atoms with Crippen LogP contribution < -0.4 is 20.9 Å². The molecule has 2 aromatic carbocycles. The monoisotopic (exact) mass is 386 g/mol. The van der Waals surface area contributed by atoms with Crippen molar-refractivity contribution in [2.45, 2.75) is 19.4 Å². The number of benzene rings is 2. The topological polar surface area (TPSA) is 82.7 Å². The van der Waals surface area contributed by atoms with E-state index in [9.17, 15) is 14.0 Å². The molecule has 0 fully saturated rings. The van der Waals surface area contributed by atoms with Crippen LogP contribution in [0.2, 0.25) is 0 Å². The SMILES string of the molecule is COC(=O)Nc1ccc(NC(=O)NCC(C)N2CCc3ccccc32)cc1F. The fourth-order valence-corrected chi connectivity index (χ4v) is 3.20. The Bertz CT molecular complexity index is 874. The van der Waals surface area contributed by atoms with Gasteiger partial charge in [-0.05, 0) is 43.2 Å². The number of carbonyl (C=O) groups is 2. The van der Waals surface area contributed by atoms with Gasteiger partial charge in [0.05, 0.1) is 12.8 Å². The summed E-state index contributed by atoms with van der Waals surface area (Å²) in [5.74, 6) is -0.676. The molecule has 0 aliphatic carbocycles. The average Bonchev–Trinajstić information content (AvgIpc) is 3.12. The number of para-hydroxylation sites is 1. The fraction of sp³-hybridized carbons (Fsp3) is 0.300. The van der Waals surface area contributed by atoms with Gasteiger partial charge in [0.15, 0.2) is 0 Å². The van der Waals surface area contributed by atoms with E-state index in [0.717, 1.165) is 19.0 Å². The molecule has 1 heterocycles. The Kier molecular flexibility index (Phi) is 5.98. The Hall–Kier alpha value is -3.29. The summed E-state index contributed by atoms with van der Waals surface area (Å²) in [6, 6.07) is 11.9. The molecule has 1 unspecified atom stereocenters. The first-order chi connectivity index (χ1) is 13.5.